The van der Waals surface area contributed by atoms with Crippen LogP contribution in [0.5, 0.6) is 5.75 Å². The number of pyridine rings is 1. The number of aromatic nitrogens is 1. The molecule has 2 aliphatic rings. The fraction of sp³-hybridized carbons (Fsp3) is 0.381. The van der Waals surface area contributed by atoms with Crippen molar-refractivity contribution in [3.8, 4) is 5.75 Å². The van der Waals surface area contributed by atoms with E-state index in [-0.39, 0.29) is 30.4 Å². The summed E-state index contributed by atoms with van der Waals surface area (Å²) in [5.74, 6) is -4.06. The van der Waals surface area contributed by atoms with E-state index in [1.807, 2.05) is 0 Å². The number of fused-ring (bicyclic) bond motifs is 4. The van der Waals surface area contributed by atoms with Gasteiger partial charge in [-0.05, 0) is 37.5 Å². The molecule has 8 nitrogen and oxygen atoms in total. The second-order valence-corrected chi connectivity index (χ2v) is 7.96. The molecule has 3 N–H and O–H groups in total. The Bertz CT molecular complexity index is 1120. The second kappa shape index (κ2) is 7.77. The third kappa shape index (κ3) is 3.67. The number of halogens is 2. The number of aryl methyl sites for hydroxylation is 1. The highest BCUT2D eigenvalue weighted by molar-refractivity contribution is 5.99. The number of hydrogen-bond acceptors (Lipinski definition) is 5. The minimum atomic E-state index is -1.05. The molecule has 31 heavy (non-hydrogen) atoms. The fourth-order valence-corrected chi connectivity index (χ4v) is 4.14. The minimum Gasteiger partial charge on any atom is -0.503 e. The van der Waals surface area contributed by atoms with Crippen LogP contribution in [0.4, 0.5) is 8.78 Å². The maximum Gasteiger partial charge on any atom is 0.274 e. The van der Waals surface area contributed by atoms with Crippen LogP contribution in [-0.2, 0) is 6.54 Å². The average molecular weight is 433 g/mol. The maximum absolute atomic E-state index is 14.0. The topological polar surface area (TPSA) is 112 Å². The summed E-state index contributed by atoms with van der Waals surface area (Å²) in [5, 5.41) is 22.7. The zero-order valence-electron chi connectivity index (χ0n) is 16.7. The first-order valence-electron chi connectivity index (χ1n) is 9.85. The van der Waals surface area contributed by atoms with Crippen LogP contribution in [0, 0.1) is 18.6 Å². The van der Waals surface area contributed by atoms with Crippen molar-refractivity contribution in [2.24, 2.45) is 0 Å². The first-order valence-corrected chi connectivity index (χ1v) is 9.85. The smallest absolute Gasteiger partial charge is 0.274 e. The zero-order chi connectivity index (χ0) is 22.4. The number of carbonyl (C=O) groups excluding carboxylic acids is 2. The molecule has 2 amide bonds. The van der Waals surface area contributed by atoms with E-state index in [2.05, 4.69) is 5.32 Å². The van der Waals surface area contributed by atoms with Gasteiger partial charge in [0.05, 0.1) is 12.1 Å². The SMILES string of the molecule is Cc1cc(F)c(CNC(=O)c2cn3c(c(O)c2=O)C(=O)N2C[C@H](O)CC[C@H]3C2)c(F)c1. The number of aliphatic hydroxyl groups excluding tert-OH is 1. The van der Waals surface area contributed by atoms with Crippen molar-refractivity contribution in [3.63, 3.8) is 0 Å². The highest BCUT2D eigenvalue weighted by Gasteiger charge is 2.38. The molecule has 0 saturated carbocycles. The number of aliphatic hydroxyl groups is 1. The Hall–Kier alpha value is -3.27. The molecule has 1 fully saturated rings. The number of carbonyl (C=O) groups is 2. The van der Waals surface area contributed by atoms with Gasteiger partial charge in [-0.3, -0.25) is 14.4 Å². The Morgan fingerprint density at radius 2 is 1.87 bits per heavy atom. The predicted molar refractivity (Wildman–Crippen MR) is 105 cm³/mol. The monoisotopic (exact) mass is 433 g/mol. The molecule has 2 aliphatic heterocycles. The molecule has 1 saturated heterocycles. The molecular weight excluding hydrogens is 412 g/mol. The van der Waals surface area contributed by atoms with Crippen LogP contribution in [0.2, 0.25) is 0 Å². The van der Waals surface area contributed by atoms with Gasteiger partial charge in [0, 0.05) is 31.4 Å². The molecule has 2 atom stereocenters. The Morgan fingerprint density at radius 1 is 1.19 bits per heavy atom. The third-order valence-electron chi connectivity index (χ3n) is 5.74. The van der Waals surface area contributed by atoms with Crippen molar-refractivity contribution in [2.45, 2.75) is 38.5 Å². The van der Waals surface area contributed by atoms with E-state index in [0.717, 1.165) is 12.1 Å². The minimum absolute atomic E-state index is 0.0961. The van der Waals surface area contributed by atoms with Crippen molar-refractivity contribution in [3.05, 3.63) is 62.6 Å². The van der Waals surface area contributed by atoms with Crippen LogP contribution in [0.25, 0.3) is 0 Å². The number of hydrogen-bond donors (Lipinski definition) is 3. The number of rotatable bonds is 3. The van der Waals surface area contributed by atoms with Gasteiger partial charge < -0.3 is 25.0 Å². The predicted octanol–water partition coefficient (Wildman–Crippen LogP) is 1.22. The molecule has 0 spiro atoms. The molecule has 1 aromatic heterocycles. The Morgan fingerprint density at radius 3 is 2.55 bits per heavy atom. The summed E-state index contributed by atoms with van der Waals surface area (Å²) in [6.07, 6.45) is 1.35. The number of nitrogens with zero attached hydrogens (tertiary/aromatic N) is 2. The molecular formula is C21H21F2N3O5. The van der Waals surface area contributed by atoms with Crippen LogP contribution >= 0.6 is 0 Å². The molecule has 2 aromatic rings. The largest absolute Gasteiger partial charge is 0.503 e. The third-order valence-corrected chi connectivity index (χ3v) is 5.74. The Balaban J connectivity index is 1.67. The van der Waals surface area contributed by atoms with E-state index < -0.39 is 52.8 Å². The molecule has 10 heteroatoms. The van der Waals surface area contributed by atoms with Gasteiger partial charge in [0.25, 0.3) is 11.8 Å². The second-order valence-electron chi connectivity index (χ2n) is 7.96. The lowest BCUT2D eigenvalue weighted by Gasteiger charge is -2.34. The number of nitrogens with one attached hydrogen (secondary N) is 1. The summed E-state index contributed by atoms with van der Waals surface area (Å²) in [7, 11) is 0. The number of benzene rings is 1. The van der Waals surface area contributed by atoms with Gasteiger partial charge in [-0.2, -0.15) is 0 Å². The lowest BCUT2D eigenvalue weighted by atomic mass is 10.1. The number of amides is 2. The summed E-state index contributed by atoms with van der Waals surface area (Å²) in [5.41, 5.74) is -1.70. The molecule has 2 bridgehead atoms. The summed E-state index contributed by atoms with van der Waals surface area (Å²) in [4.78, 5) is 39.3. The summed E-state index contributed by atoms with van der Waals surface area (Å²) in [6, 6.07) is 1.92. The summed E-state index contributed by atoms with van der Waals surface area (Å²) >= 11 is 0. The zero-order valence-corrected chi connectivity index (χ0v) is 16.7. The molecule has 0 radical (unpaired) electrons. The van der Waals surface area contributed by atoms with Crippen LogP contribution in [0.15, 0.2) is 23.1 Å². The van der Waals surface area contributed by atoms with E-state index in [1.165, 1.54) is 22.6 Å². The molecule has 4 rings (SSSR count). The van der Waals surface area contributed by atoms with Gasteiger partial charge in [-0.25, -0.2) is 8.78 Å². The first kappa shape index (κ1) is 21.0. The van der Waals surface area contributed by atoms with Crippen molar-refractivity contribution in [1.29, 1.82) is 0 Å². The molecule has 3 heterocycles. The Kier molecular flexibility index (Phi) is 5.26. The maximum atomic E-state index is 14.0. The van der Waals surface area contributed by atoms with Crippen molar-refractivity contribution in [1.82, 2.24) is 14.8 Å². The quantitative estimate of drug-likeness (QED) is 0.674. The Labute approximate surface area is 175 Å². The molecule has 0 unspecified atom stereocenters. The van der Waals surface area contributed by atoms with Gasteiger partial charge in [0.1, 0.15) is 17.2 Å². The van der Waals surface area contributed by atoms with E-state index in [1.54, 1.807) is 0 Å². The van der Waals surface area contributed by atoms with Gasteiger partial charge in [-0.1, -0.05) is 0 Å². The van der Waals surface area contributed by atoms with Gasteiger partial charge in [0.15, 0.2) is 11.4 Å². The van der Waals surface area contributed by atoms with E-state index >= 15 is 0 Å². The standard InChI is InChI=1S/C21H21F2N3O5/c1-10-4-15(22)13(16(23)5-10)6-24-20(30)14-9-26-11-2-3-12(27)8-25(7-11)21(31)17(26)19(29)18(14)28/h4-5,9,11-12,27,29H,2-3,6-8H2,1H3,(H,24,30)/t11-,12+/m0/s1. The van der Waals surface area contributed by atoms with Crippen LogP contribution in [0.3, 0.4) is 0 Å². The fourth-order valence-electron chi connectivity index (χ4n) is 4.14. The average Bonchev–Trinajstić information content (AvgIpc) is 2.87. The lowest BCUT2D eigenvalue weighted by Crippen LogP contribution is -2.45. The first-order chi connectivity index (χ1) is 14.7. The van der Waals surface area contributed by atoms with E-state index in [4.69, 9.17) is 0 Å². The van der Waals surface area contributed by atoms with Crippen molar-refractivity contribution in [2.75, 3.05) is 13.1 Å². The summed E-state index contributed by atoms with van der Waals surface area (Å²) in [6.45, 7) is 1.40. The van der Waals surface area contributed by atoms with E-state index in [9.17, 15) is 33.4 Å². The van der Waals surface area contributed by atoms with Crippen LogP contribution in [0.1, 0.15) is 50.9 Å². The van der Waals surface area contributed by atoms with Crippen molar-refractivity contribution >= 4 is 11.8 Å². The summed E-state index contributed by atoms with van der Waals surface area (Å²) < 4.78 is 29.4. The molecule has 1 aromatic carbocycles. The van der Waals surface area contributed by atoms with Crippen LogP contribution in [-0.4, -0.2) is 50.7 Å². The number of aromatic hydroxyl groups is 1. The highest BCUT2D eigenvalue weighted by Crippen LogP contribution is 2.32. The van der Waals surface area contributed by atoms with Gasteiger partial charge in [-0.15, -0.1) is 0 Å². The van der Waals surface area contributed by atoms with Crippen molar-refractivity contribution < 1.29 is 28.6 Å². The van der Waals surface area contributed by atoms with Crippen LogP contribution < -0.4 is 10.7 Å². The van der Waals surface area contributed by atoms with E-state index in [0.29, 0.717) is 18.4 Å². The van der Waals surface area contributed by atoms with Gasteiger partial charge in [0.2, 0.25) is 5.43 Å². The molecule has 164 valence electrons. The molecule has 0 aliphatic carbocycles. The van der Waals surface area contributed by atoms with Gasteiger partial charge >= 0.3 is 0 Å². The lowest BCUT2D eigenvalue weighted by molar-refractivity contribution is 0.0588. The normalized spacial score (nSPS) is 20.3. The highest BCUT2D eigenvalue weighted by atomic mass is 19.1.